The topological polar surface area (TPSA) is 78.6 Å². The smallest absolute Gasteiger partial charge is 0.311 e. The number of rotatable bonds is 4. The first kappa shape index (κ1) is 12.9. The molecule has 3 atom stereocenters. The van der Waals surface area contributed by atoms with Crippen LogP contribution in [0.2, 0.25) is 0 Å². The van der Waals surface area contributed by atoms with Crippen molar-refractivity contribution in [2.24, 2.45) is 17.6 Å². The zero-order valence-electron chi connectivity index (χ0n) is 8.94. The second-order valence-corrected chi connectivity index (χ2v) is 3.22. The van der Waals surface area contributed by atoms with Crippen molar-refractivity contribution in [3.05, 3.63) is 0 Å². The van der Waals surface area contributed by atoms with Gasteiger partial charge in [0.1, 0.15) is 0 Å². The van der Waals surface area contributed by atoms with Gasteiger partial charge in [-0.1, -0.05) is 6.92 Å². The lowest BCUT2D eigenvalue weighted by atomic mass is 9.88. The third-order valence-corrected chi connectivity index (χ3v) is 2.15. The van der Waals surface area contributed by atoms with Gasteiger partial charge in [-0.3, -0.25) is 9.59 Å². The Kier molecular flexibility index (Phi) is 5.15. The highest BCUT2D eigenvalue weighted by Crippen LogP contribution is 2.17. The summed E-state index contributed by atoms with van der Waals surface area (Å²) in [4.78, 5) is 22.5. The van der Waals surface area contributed by atoms with E-state index in [4.69, 9.17) is 5.73 Å². The summed E-state index contributed by atoms with van der Waals surface area (Å²) in [6.07, 6.45) is 0. The van der Waals surface area contributed by atoms with Crippen molar-refractivity contribution in [1.82, 2.24) is 0 Å². The van der Waals surface area contributed by atoms with Crippen LogP contribution in [0, 0.1) is 11.8 Å². The SMILES string of the molecule is COC(=O)C(C)C(C(=O)OC)C(C)N. The Hall–Kier alpha value is -1.10. The van der Waals surface area contributed by atoms with Crippen molar-refractivity contribution in [3.8, 4) is 0 Å². The molecular weight excluding hydrogens is 186 g/mol. The first-order chi connectivity index (χ1) is 6.45. The highest BCUT2D eigenvalue weighted by Gasteiger charge is 2.34. The average molecular weight is 203 g/mol. The Bertz CT molecular complexity index is 215. The molecule has 0 aliphatic heterocycles. The van der Waals surface area contributed by atoms with Gasteiger partial charge < -0.3 is 15.2 Å². The minimum absolute atomic E-state index is 0.448. The fourth-order valence-electron chi connectivity index (χ4n) is 1.34. The van der Waals surface area contributed by atoms with E-state index in [1.807, 2.05) is 0 Å². The third-order valence-electron chi connectivity index (χ3n) is 2.15. The summed E-state index contributed by atoms with van der Waals surface area (Å²) in [5.74, 6) is -2.20. The molecule has 0 aromatic heterocycles. The van der Waals surface area contributed by atoms with Gasteiger partial charge in [0.15, 0.2) is 0 Å². The summed E-state index contributed by atoms with van der Waals surface area (Å²) in [7, 11) is 2.54. The maximum atomic E-state index is 11.3. The lowest BCUT2D eigenvalue weighted by molar-refractivity contribution is -0.157. The minimum Gasteiger partial charge on any atom is -0.469 e. The molecule has 0 fully saturated rings. The third kappa shape index (κ3) is 2.99. The molecule has 0 aromatic rings. The Labute approximate surface area is 83.5 Å². The maximum absolute atomic E-state index is 11.3. The van der Waals surface area contributed by atoms with Gasteiger partial charge in [0, 0.05) is 6.04 Å². The number of nitrogens with two attached hydrogens (primary N) is 1. The number of ether oxygens (including phenoxy) is 2. The van der Waals surface area contributed by atoms with Crippen molar-refractivity contribution in [2.45, 2.75) is 19.9 Å². The average Bonchev–Trinajstić information content (AvgIpc) is 2.15. The Morgan fingerprint density at radius 1 is 1.07 bits per heavy atom. The molecule has 0 radical (unpaired) electrons. The predicted molar refractivity (Wildman–Crippen MR) is 50.3 cm³/mol. The van der Waals surface area contributed by atoms with Crippen LogP contribution in [0.25, 0.3) is 0 Å². The molecular formula is C9H17NO4. The van der Waals surface area contributed by atoms with E-state index in [9.17, 15) is 9.59 Å². The number of hydrogen-bond donors (Lipinski definition) is 1. The van der Waals surface area contributed by atoms with Crippen LogP contribution in [-0.2, 0) is 19.1 Å². The summed E-state index contributed by atoms with van der Waals surface area (Å²) in [6, 6.07) is -0.448. The summed E-state index contributed by atoms with van der Waals surface area (Å²) in [6.45, 7) is 3.25. The van der Waals surface area contributed by atoms with Crippen LogP contribution in [-0.4, -0.2) is 32.2 Å². The fourth-order valence-corrected chi connectivity index (χ4v) is 1.34. The Morgan fingerprint density at radius 2 is 1.50 bits per heavy atom. The molecule has 3 unspecified atom stereocenters. The van der Waals surface area contributed by atoms with E-state index in [2.05, 4.69) is 9.47 Å². The van der Waals surface area contributed by atoms with Gasteiger partial charge in [0.2, 0.25) is 0 Å². The molecule has 0 saturated heterocycles. The van der Waals surface area contributed by atoms with E-state index in [-0.39, 0.29) is 0 Å². The first-order valence-electron chi connectivity index (χ1n) is 4.37. The molecule has 5 heteroatoms. The van der Waals surface area contributed by atoms with Gasteiger partial charge in [-0.05, 0) is 6.92 Å². The molecule has 14 heavy (non-hydrogen) atoms. The second kappa shape index (κ2) is 5.59. The molecule has 5 nitrogen and oxygen atoms in total. The van der Waals surface area contributed by atoms with Gasteiger partial charge in [-0.2, -0.15) is 0 Å². The van der Waals surface area contributed by atoms with Gasteiger partial charge in [0.25, 0.3) is 0 Å². The Balaban J connectivity index is 4.65. The van der Waals surface area contributed by atoms with Crippen LogP contribution in [0.1, 0.15) is 13.8 Å². The van der Waals surface area contributed by atoms with Crippen LogP contribution in [0.5, 0.6) is 0 Å². The quantitative estimate of drug-likeness (QED) is 0.647. The molecule has 0 spiro atoms. The van der Waals surface area contributed by atoms with Crippen LogP contribution in [0.15, 0.2) is 0 Å². The van der Waals surface area contributed by atoms with E-state index in [0.29, 0.717) is 0 Å². The molecule has 0 aliphatic rings. The highest BCUT2D eigenvalue weighted by atomic mass is 16.5. The van der Waals surface area contributed by atoms with Crippen molar-refractivity contribution in [3.63, 3.8) is 0 Å². The summed E-state index contributed by atoms with van der Waals surface area (Å²) in [5, 5.41) is 0. The molecule has 0 aromatic carbocycles. The molecule has 0 saturated carbocycles. The standard InChI is InChI=1S/C9H17NO4/c1-5(8(11)13-3)7(6(2)10)9(12)14-4/h5-7H,10H2,1-4H3. The van der Waals surface area contributed by atoms with Gasteiger partial charge >= 0.3 is 11.9 Å². The fraction of sp³-hybridized carbons (Fsp3) is 0.778. The zero-order chi connectivity index (χ0) is 11.3. The van der Waals surface area contributed by atoms with Crippen molar-refractivity contribution < 1.29 is 19.1 Å². The number of carbonyl (C=O) groups is 2. The number of carbonyl (C=O) groups excluding carboxylic acids is 2. The zero-order valence-corrected chi connectivity index (χ0v) is 8.94. The van der Waals surface area contributed by atoms with Crippen molar-refractivity contribution >= 4 is 11.9 Å². The largest absolute Gasteiger partial charge is 0.469 e. The van der Waals surface area contributed by atoms with E-state index >= 15 is 0 Å². The van der Waals surface area contributed by atoms with Crippen LogP contribution >= 0.6 is 0 Å². The van der Waals surface area contributed by atoms with Crippen LogP contribution in [0.4, 0.5) is 0 Å². The van der Waals surface area contributed by atoms with E-state index < -0.39 is 29.8 Å². The normalized spacial score (nSPS) is 16.6. The monoisotopic (exact) mass is 203 g/mol. The number of methoxy groups -OCH3 is 2. The van der Waals surface area contributed by atoms with Gasteiger partial charge in [-0.15, -0.1) is 0 Å². The van der Waals surface area contributed by atoms with E-state index in [1.165, 1.54) is 14.2 Å². The van der Waals surface area contributed by atoms with Gasteiger partial charge in [-0.25, -0.2) is 0 Å². The molecule has 0 bridgehead atoms. The molecule has 0 aliphatic carbocycles. The Morgan fingerprint density at radius 3 is 1.79 bits per heavy atom. The second-order valence-electron chi connectivity index (χ2n) is 3.22. The minimum atomic E-state index is -0.660. The first-order valence-corrected chi connectivity index (χ1v) is 4.37. The number of hydrogen-bond acceptors (Lipinski definition) is 5. The summed E-state index contributed by atoms with van der Waals surface area (Å²) < 4.78 is 9.10. The van der Waals surface area contributed by atoms with Crippen LogP contribution in [0.3, 0.4) is 0 Å². The molecule has 0 amide bonds. The van der Waals surface area contributed by atoms with Crippen LogP contribution < -0.4 is 5.73 Å². The molecule has 0 heterocycles. The van der Waals surface area contributed by atoms with E-state index in [1.54, 1.807) is 13.8 Å². The lowest BCUT2D eigenvalue weighted by Gasteiger charge is -2.22. The summed E-state index contributed by atoms with van der Waals surface area (Å²) in [5.41, 5.74) is 5.60. The van der Waals surface area contributed by atoms with Crippen molar-refractivity contribution in [1.29, 1.82) is 0 Å². The molecule has 2 N–H and O–H groups in total. The summed E-state index contributed by atoms with van der Waals surface area (Å²) >= 11 is 0. The molecule has 82 valence electrons. The molecule has 0 rings (SSSR count). The van der Waals surface area contributed by atoms with Gasteiger partial charge in [0.05, 0.1) is 26.1 Å². The lowest BCUT2D eigenvalue weighted by Crippen LogP contribution is -2.41. The van der Waals surface area contributed by atoms with Crippen molar-refractivity contribution in [2.75, 3.05) is 14.2 Å². The van der Waals surface area contributed by atoms with E-state index in [0.717, 1.165) is 0 Å². The highest BCUT2D eigenvalue weighted by molar-refractivity contribution is 5.82. The number of esters is 2. The maximum Gasteiger partial charge on any atom is 0.311 e. The predicted octanol–water partition coefficient (Wildman–Crippen LogP) is -0.0681.